The second kappa shape index (κ2) is 5.04. The van der Waals surface area contributed by atoms with E-state index in [9.17, 15) is 4.79 Å². The van der Waals surface area contributed by atoms with Gasteiger partial charge in [-0.2, -0.15) is 0 Å². The molecule has 0 spiro atoms. The van der Waals surface area contributed by atoms with E-state index >= 15 is 0 Å². The third-order valence-corrected chi connectivity index (χ3v) is 2.90. The summed E-state index contributed by atoms with van der Waals surface area (Å²) in [5, 5.41) is 0. The fourth-order valence-electron chi connectivity index (χ4n) is 2.18. The predicted molar refractivity (Wildman–Crippen MR) is 64.2 cm³/mol. The van der Waals surface area contributed by atoms with Gasteiger partial charge in [0.1, 0.15) is 5.60 Å². The second-order valence-electron chi connectivity index (χ2n) is 5.43. The quantitative estimate of drug-likeness (QED) is 0.787. The maximum absolute atomic E-state index is 12.0. The molecule has 0 radical (unpaired) electrons. The summed E-state index contributed by atoms with van der Waals surface area (Å²) in [6.45, 7) is 8.27. The van der Waals surface area contributed by atoms with Crippen LogP contribution >= 0.6 is 0 Å². The minimum atomic E-state index is -0.437. The van der Waals surface area contributed by atoms with Crippen LogP contribution in [0, 0.1) is 0 Å². The Bertz CT molecular complexity index is 248. The largest absolute Gasteiger partial charge is 0.444 e. The molecule has 4 heteroatoms. The van der Waals surface area contributed by atoms with Gasteiger partial charge in [-0.05, 0) is 47.0 Å². The maximum Gasteiger partial charge on any atom is 0.410 e. The first-order valence-corrected chi connectivity index (χ1v) is 6.10. The van der Waals surface area contributed by atoms with Crippen molar-refractivity contribution in [3.05, 3.63) is 0 Å². The average Bonchev–Trinajstić information content (AvgIpc) is 2.50. The minimum absolute atomic E-state index is 0.104. The standard InChI is InChI=1S/C12H24N2O2/c1-5-14(10-8-6-7-9(10)13)11(15)16-12(2,3)4/h9-10H,5-8,13H2,1-4H3. The van der Waals surface area contributed by atoms with Crippen molar-refractivity contribution in [2.45, 2.75) is 64.6 Å². The number of carbonyl (C=O) groups is 1. The summed E-state index contributed by atoms with van der Waals surface area (Å²) in [5.41, 5.74) is 5.57. The van der Waals surface area contributed by atoms with Crippen LogP contribution in [0.5, 0.6) is 0 Å². The molecule has 2 atom stereocenters. The Labute approximate surface area is 98.1 Å². The van der Waals surface area contributed by atoms with Gasteiger partial charge < -0.3 is 15.4 Å². The van der Waals surface area contributed by atoms with E-state index in [0.717, 1.165) is 19.3 Å². The van der Waals surface area contributed by atoms with E-state index in [1.165, 1.54) is 0 Å². The van der Waals surface area contributed by atoms with E-state index in [0.29, 0.717) is 6.54 Å². The zero-order chi connectivity index (χ0) is 12.3. The summed E-state index contributed by atoms with van der Waals surface area (Å²) in [6, 6.07) is 0.257. The molecule has 1 amide bonds. The van der Waals surface area contributed by atoms with Gasteiger partial charge in [-0.3, -0.25) is 0 Å². The number of amides is 1. The van der Waals surface area contributed by atoms with Gasteiger partial charge >= 0.3 is 6.09 Å². The number of nitrogens with zero attached hydrogens (tertiary/aromatic N) is 1. The van der Waals surface area contributed by atoms with Crippen LogP contribution in [-0.2, 0) is 4.74 Å². The summed E-state index contributed by atoms with van der Waals surface area (Å²) in [4.78, 5) is 13.7. The molecule has 1 rings (SSSR count). The molecule has 0 aromatic rings. The fourth-order valence-corrected chi connectivity index (χ4v) is 2.18. The van der Waals surface area contributed by atoms with Crippen molar-refractivity contribution in [1.29, 1.82) is 0 Å². The molecule has 1 fully saturated rings. The van der Waals surface area contributed by atoms with Crippen LogP contribution in [0.2, 0.25) is 0 Å². The van der Waals surface area contributed by atoms with Crippen molar-refractivity contribution >= 4 is 6.09 Å². The van der Waals surface area contributed by atoms with Gasteiger partial charge in [-0.1, -0.05) is 0 Å². The highest BCUT2D eigenvalue weighted by molar-refractivity contribution is 5.68. The highest BCUT2D eigenvalue weighted by Crippen LogP contribution is 2.24. The van der Waals surface area contributed by atoms with Crippen LogP contribution in [0.3, 0.4) is 0 Å². The van der Waals surface area contributed by atoms with Gasteiger partial charge in [0.2, 0.25) is 0 Å². The summed E-state index contributed by atoms with van der Waals surface area (Å²) in [6.07, 6.45) is 2.86. The number of hydrogen-bond acceptors (Lipinski definition) is 3. The van der Waals surface area contributed by atoms with E-state index in [1.54, 1.807) is 4.90 Å². The van der Waals surface area contributed by atoms with E-state index in [-0.39, 0.29) is 18.2 Å². The van der Waals surface area contributed by atoms with E-state index < -0.39 is 5.60 Å². The first-order valence-electron chi connectivity index (χ1n) is 6.10. The molecule has 0 saturated heterocycles. The first-order chi connectivity index (χ1) is 7.35. The molecule has 0 aromatic heterocycles. The monoisotopic (exact) mass is 228 g/mol. The topological polar surface area (TPSA) is 55.6 Å². The Balaban J connectivity index is 2.63. The van der Waals surface area contributed by atoms with E-state index in [1.807, 2.05) is 27.7 Å². The summed E-state index contributed by atoms with van der Waals surface area (Å²) < 4.78 is 5.38. The normalized spacial score (nSPS) is 25.6. The van der Waals surface area contributed by atoms with Crippen LogP contribution in [0.15, 0.2) is 0 Å². The molecule has 0 heterocycles. The molecule has 1 aliphatic carbocycles. The molecule has 0 bridgehead atoms. The maximum atomic E-state index is 12.0. The number of rotatable bonds is 2. The van der Waals surface area contributed by atoms with Crippen molar-refractivity contribution in [3.8, 4) is 0 Å². The Morgan fingerprint density at radius 2 is 2.06 bits per heavy atom. The van der Waals surface area contributed by atoms with Gasteiger partial charge in [0.15, 0.2) is 0 Å². The third kappa shape index (κ3) is 3.37. The molecule has 94 valence electrons. The highest BCUT2D eigenvalue weighted by Gasteiger charge is 2.33. The van der Waals surface area contributed by atoms with Crippen molar-refractivity contribution in [1.82, 2.24) is 4.90 Å². The van der Waals surface area contributed by atoms with Crippen LogP contribution in [-0.4, -0.2) is 35.2 Å². The zero-order valence-corrected chi connectivity index (χ0v) is 10.8. The SMILES string of the molecule is CCN(C(=O)OC(C)(C)C)C1CCCC1N. The number of ether oxygens (including phenoxy) is 1. The number of hydrogen-bond donors (Lipinski definition) is 1. The van der Waals surface area contributed by atoms with Gasteiger partial charge in [-0.15, -0.1) is 0 Å². The summed E-state index contributed by atoms with van der Waals surface area (Å²) >= 11 is 0. The lowest BCUT2D eigenvalue weighted by Gasteiger charge is -2.32. The molecule has 1 saturated carbocycles. The minimum Gasteiger partial charge on any atom is -0.444 e. The lowest BCUT2D eigenvalue weighted by Crippen LogP contribution is -2.49. The van der Waals surface area contributed by atoms with E-state index in [2.05, 4.69) is 0 Å². The Morgan fingerprint density at radius 1 is 1.44 bits per heavy atom. The number of likely N-dealkylation sites (N-methyl/N-ethyl adjacent to an activating group) is 1. The zero-order valence-electron chi connectivity index (χ0n) is 10.8. The van der Waals surface area contributed by atoms with Gasteiger partial charge in [-0.25, -0.2) is 4.79 Å². The van der Waals surface area contributed by atoms with Crippen LogP contribution in [0.4, 0.5) is 4.79 Å². The van der Waals surface area contributed by atoms with Gasteiger partial charge in [0.05, 0.1) is 6.04 Å². The van der Waals surface area contributed by atoms with Crippen LogP contribution in [0.25, 0.3) is 0 Å². The Morgan fingerprint density at radius 3 is 2.44 bits per heavy atom. The van der Waals surface area contributed by atoms with E-state index in [4.69, 9.17) is 10.5 Å². The van der Waals surface area contributed by atoms with Crippen molar-refractivity contribution in [2.75, 3.05) is 6.54 Å². The lowest BCUT2D eigenvalue weighted by atomic mass is 10.1. The smallest absolute Gasteiger partial charge is 0.410 e. The summed E-state index contributed by atoms with van der Waals surface area (Å²) in [7, 11) is 0. The van der Waals surface area contributed by atoms with Crippen molar-refractivity contribution < 1.29 is 9.53 Å². The molecule has 0 aromatic carbocycles. The van der Waals surface area contributed by atoms with Crippen molar-refractivity contribution in [2.24, 2.45) is 5.73 Å². The fraction of sp³-hybridized carbons (Fsp3) is 0.917. The highest BCUT2D eigenvalue weighted by atomic mass is 16.6. The van der Waals surface area contributed by atoms with Gasteiger partial charge in [0, 0.05) is 12.6 Å². The molecule has 2 unspecified atom stereocenters. The number of nitrogens with two attached hydrogens (primary N) is 1. The third-order valence-electron chi connectivity index (χ3n) is 2.90. The van der Waals surface area contributed by atoms with Crippen LogP contribution < -0.4 is 5.73 Å². The lowest BCUT2D eigenvalue weighted by molar-refractivity contribution is 0.0164. The molecule has 4 nitrogen and oxygen atoms in total. The first kappa shape index (κ1) is 13.3. The molecule has 0 aliphatic heterocycles. The molecule has 16 heavy (non-hydrogen) atoms. The molecular formula is C12H24N2O2. The number of carbonyl (C=O) groups excluding carboxylic acids is 1. The average molecular weight is 228 g/mol. The Hall–Kier alpha value is -0.770. The van der Waals surface area contributed by atoms with Gasteiger partial charge in [0.25, 0.3) is 0 Å². The second-order valence-corrected chi connectivity index (χ2v) is 5.43. The van der Waals surface area contributed by atoms with Crippen molar-refractivity contribution in [3.63, 3.8) is 0 Å². The predicted octanol–water partition coefficient (Wildman–Crippen LogP) is 2.12. The van der Waals surface area contributed by atoms with Crippen LogP contribution in [0.1, 0.15) is 47.0 Å². The Kier molecular flexibility index (Phi) is 4.19. The molecule has 1 aliphatic rings. The molecular weight excluding hydrogens is 204 g/mol. The summed E-state index contributed by atoms with van der Waals surface area (Å²) in [5.74, 6) is 0. The molecule has 2 N–H and O–H groups in total.